The van der Waals surface area contributed by atoms with Crippen molar-refractivity contribution in [3.05, 3.63) is 126 Å². The summed E-state index contributed by atoms with van der Waals surface area (Å²) in [6, 6.07) is 30.5. The van der Waals surface area contributed by atoms with Crippen molar-refractivity contribution in [1.29, 1.82) is 0 Å². The number of nitrogens with one attached hydrogen (secondary N) is 2. The van der Waals surface area contributed by atoms with E-state index in [0.29, 0.717) is 19.3 Å². The molecule has 0 aliphatic heterocycles. The minimum absolute atomic E-state index is 0.119. The van der Waals surface area contributed by atoms with Crippen LogP contribution in [0.5, 0.6) is 0 Å². The average Bonchev–Trinajstić information content (AvgIpc) is 3.04. The summed E-state index contributed by atoms with van der Waals surface area (Å²) in [5.41, 5.74) is 5.04. The fraction of sp³-hybridized carbons (Fsp3) is 0.342. The van der Waals surface area contributed by atoms with Crippen LogP contribution in [0.2, 0.25) is 18.1 Å². The Morgan fingerprint density at radius 3 is 1.89 bits per heavy atom. The van der Waals surface area contributed by atoms with Crippen LogP contribution in [0.3, 0.4) is 0 Å². The fourth-order valence-corrected chi connectivity index (χ4v) is 6.59. The van der Waals surface area contributed by atoms with Crippen LogP contribution >= 0.6 is 0 Å². The number of benzene rings is 3. The fourth-order valence-electron chi connectivity index (χ4n) is 5.22. The summed E-state index contributed by atoms with van der Waals surface area (Å²) in [6.07, 6.45) is 2.67. The van der Waals surface area contributed by atoms with E-state index in [1.165, 1.54) is 0 Å². The molecule has 9 heteroatoms. The van der Waals surface area contributed by atoms with Gasteiger partial charge in [0.1, 0.15) is 6.61 Å². The van der Waals surface area contributed by atoms with Gasteiger partial charge in [-0.2, -0.15) is 0 Å². The molecule has 3 N–H and O–H groups in total. The molecule has 4 rings (SSSR count). The molecule has 47 heavy (non-hydrogen) atoms. The minimum Gasteiger partial charge on any atom is -0.465 e. The monoisotopic (exact) mass is 653 g/mol. The second-order valence-corrected chi connectivity index (χ2v) is 18.2. The molecule has 4 aromatic rings. The third-order valence-corrected chi connectivity index (χ3v) is 13.3. The van der Waals surface area contributed by atoms with Gasteiger partial charge in [-0.3, -0.25) is 4.98 Å². The van der Waals surface area contributed by atoms with E-state index in [1.54, 1.807) is 12.4 Å². The van der Waals surface area contributed by atoms with Crippen LogP contribution < -0.4 is 10.6 Å². The molecule has 0 aliphatic carbocycles. The average molecular weight is 654 g/mol. The summed E-state index contributed by atoms with van der Waals surface area (Å²) >= 11 is 0. The van der Waals surface area contributed by atoms with E-state index in [-0.39, 0.29) is 11.6 Å². The summed E-state index contributed by atoms with van der Waals surface area (Å²) in [5.74, 6) is 0. The summed E-state index contributed by atoms with van der Waals surface area (Å²) in [4.78, 5) is 29.5. The van der Waals surface area contributed by atoms with Gasteiger partial charge in [-0.25, -0.2) is 9.59 Å². The van der Waals surface area contributed by atoms with Crippen LogP contribution in [0.25, 0.3) is 11.1 Å². The molecule has 248 valence electrons. The SMILES string of the molecule is CC(C)(C)[Si](C)(C)O[C@H](C[C@H](Cc1ccc(-c2ccncc2)cc1)NC(=O)OCc1ccccc1)[C@H](Cc1ccccc1)NC(=O)O. The van der Waals surface area contributed by atoms with Gasteiger partial charge in [0.25, 0.3) is 0 Å². The van der Waals surface area contributed by atoms with Crippen LogP contribution in [0.4, 0.5) is 9.59 Å². The van der Waals surface area contributed by atoms with Crippen molar-refractivity contribution < 1.29 is 23.9 Å². The van der Waals surface area contributed by atoms with E-state index in [1.807, 2.05) is 72.8 Å². The highest BCUT2D eigenvalue weighted by molar-refractivity contribution is 6.74. The van der Waals surface area contributed by atoms with Gasteiger partial charge in [0.2, 0.25) is 0 Å². The molecule has 1 aromatic heterocycles. The number of amides is 2. The highest BCUT2D eigenvalue weighted by atomic mass is 28.4. The maximum Gasteiger partial charge on any atom is 0.407 e. The Labute approximate surface area is 279 Å². The molecule has 0 spiro atoms. The summed E-state index contributed by atoms with van der Waals surface area (Å²) in [5, 5.41) is 15.7. The van der Waals surface area contributed by atoms with E-state index >= 15 is 0 Å². The molecule has 0 fully saturated rings. The van der Waals surface area contributed by atoms with Gasteiger partial charge in [-0.15, -0.1) is 0 Å². The van der Waals surface area contributed by atoms with Crippen molar-refractivity contribution in [2.75, 3.05) is 0 Å². The number of ether oxygens (including phenoxy) is 1. The predicted octanol–water partition coefficient (Wildman–Crippen LogP) is 8.25. The van der Waals surface area contributed by atoms with Crippen molar-refractivity contribution in [2.24, 2.45) is 0 Å². The molecule has 3 atom stereocenters. The van der Waals surface area contributed by atoms with Crippen LogP contribution in [0, 0.1) is 0 Å². The Hall–Kier alpha value is -4.47. The standard InChI is InChI=1S/C38H47N3O5Si/c1-38(2,3)47(4,5)46-35(34(41-36(42)43)25-28-12-8-6-9-13-28)26-33(40-37(44)45-27-30-14-10-7-11-15-30)24-29-16-18-31(19-17-29)32-20-22-39-23-21-32/h6-23,33-35,41H,24-27H2,1-5H3,(H,40,44)(H,42,43)/t33-,34-,35+/m0/s1. The van der Waals surface area contributed by atoms with E-state index < -0.39 is 38.7 Å². The molecule has 0 radical (unpaired) electrons. The Balaban J connectivity index is 1.64. The lowest BCUT2D eigenvalue weighted by atomic mass is 9.93. The zero-order valence-corrected chi connectivity index (χ0v) is 29.0. The lowest BCUT2D eigenvalue weighted by molar-refractivity contribution is 0.102. The molecule has 0 saturated carbocycles. The van der Waals surface area contributed by atoms with E-state index in [2.05, 4.69) is 73.7 Å². The summed E-state index contributed by atoms with van der Waals surface area (Å²) < 4.78 is 12.6. The number of carbonyl (C=O) groups excluding carboxylic acids is 1. The molecule has 2 amide bonds. The first kappa shape index (κ1) is 35.4. The number of aromatic nitrogens is 1. The Morgan fingerprint density at radius 2 is 1.32 bits per heavy atom. The zero-order valence-electron chi connectivity index (χ0n) is 28.0. The highest BCUT2D eigenvalue weighted by Crippen LogP contribution is 2.38. The molecule has 0 saturated heterocycles. The number of carboxylic acid groups (broad SMARTS) is 1. The van der Waals surface area contributed by atoms with Crippen molar-refractivity contribution in [3.8, 4) is 11.1 Å². The number of nitrogens with zero attached hydrogens (tertiary/aromatic N) is 1. The van der Waals surface area contributed by atoms with Crippen LogP contribution in [-0.2, 0) is 28.6 Å². The lowest BCUT2D eigenvalue weighted by Gasteiger charge is -2.42. The normalized spacial score (nSPS) is 13.6. The maximum absolute atomic E-state index is 13.2. The van der Waals surface area contributed by atoms with Crippen molar-refractivity contribution in [2.45, 2.75) is 83.0 Å². The number of hydrogen-bond donors (Lipinski definition) is 3. The highest BCUT2D eigenvalue weighted by Gasteiger charge is 2.42. The zero-order chi connectivity index (χ0) is 33.9. The second-order valence-electron chi connectivity index (χ2n) is 13.4. The Bertz CT molecular complexity index is 1550. The first-order chi connectivity index (χ1) is 22.4. The third-order valence-electron chi connectivity index (χ3n) is 8.81. The van der Waals surface area contributed by atoms with Gasteiger partial charge in [-0.1, -0.05) is 106 Å². The van der Waals surface area contributed by atoms with Crippen LogP contribution in [0.1, 0.15) is 43.9 Å². The van der Waals surface area contributed by atoms with E-state index in [4.69, 9.17) is 9.16 Å². The number of hydrogen-bond acceptors (Lipinski definition) is 5. The van der Waals surface area contributed by atoms with Gasteiger partial charge >= 0.3 is 12.2 Å². The lowest BCUT2D eigenvalue weighted by Crippen LogP contribution is -2.54. The summed E-state index contributed by atoms with van der Waals surface area (Å²) in [7, 11) is -2.38. The van der Waals surface area contributed by atoms with Crippen molar-refractivity contribution >= 4 is 20.5 Å². The third kappa shape index (κ3) is 11.1. The number of carbonyl (C=O) groups is 2. The molecule has 8 nitrogen and oxygen atoms in total. The van der Waals surface area contributed by atoms with Gasteiger partial charge in [-0.05, 0) is 77.3 Å². The minimum atomic E-state index is -2.38. The predicted molar refractivity (Wildman–Crippen MR) is 189 cm³/mol. The Kier molecular flexibility index (Phi) is 12.3. The molecular formula is C38H47N3O5Si. The first-order valence-corrected chi connectivity index (χ1v) is 19.0. The maximum atomic E-state index is 13.2. The van der Waals surface area contributed by atoms with Gasteiger partial charge in [0, 0.05) is 18.4 Å². The van der Waals surface area contributed by atoms with Gasteiger partial charge < -0.3 is 24.9 Å². The topological polar surface area (TPSA) is 110 Å². The van der Waals surface area contributed by atoms with Gasteiger partial charge in [0.15, 0.2) is 8.32 Å². The van der Waals surface area contributed by atoms with Crippen molar-refractivity contribution in [3.63, 3.8) is 0 Å². The second kappa shape index (κ2) is 16.4. The largest absolute Gasteiger partial charge is 0.465 e. The molecule has 0 aliphatic rings. The number of rotatable bonds is 14. The van der Waals surface area contributed by atoms with Crippen LogP contribution in [-0.4, -0.2) is 48.8 Å². The molecule has 0 unspecified atom stereocenters. The quantitative estimate of drug-likeness (QED) is 0.118. The van der Waals surface area contributed by atoms with E-state index in [9.17, 15) is 14.7 Å². The first-order valence-electron chi connectivity index (χ1n) is 16.1. The summed E-state index contributed by atoms with van der Waals surface area (Å²) in [6.45, 7) is 10.9. The van der Waals surface area contributed by atoms with Crippen molar-refractivity contribution in [1.82, 2.24) is 15.6 Å². The number of alkyl carbamates (subject to hydrolysis) is 1. The molecule has 1 heterocycles. The molecule has 0 bridgehead atoms. The molecule has 3 aromatic carbocycles. The van der Waals surface area contributed by atoms with E-state index in [0.717, 1.165) is 27.8 Å². The molecular weight excluding hydrogens is 607 g/mol. The smallest absolute Gasteiger partial charge is 0.407 e. The number of pyridine rings is 1. The van der Waals surface area contributed by atoms with Gasteiger partial charge in [0.05, 0.1) is 12.1 Å². The van der Waals surface area contributed by atoms with Crippen LogP contribution in [0.15, 0.2) is 109 Å². The Morgan fingerprint density at radius 1 is 0.766 bits per heavy atom.